The highest BCUT2D eigenvalue weighted by Gasteiger charge is 2.18. The molecule has 0 atom stereocenters. The number of nitrogens with two attached hydrogens (primary N) is 1. The Balaban J connectivity index is 2.30. The van der Waals surface area contributed by atoms with Gasteiger partial charge in [0.1, 0.15) is 34.8 Å². The first-order valence-electron chi connectivity index (χ1n) is 7.70. The molecule has 0 aliphatic rings. The third kappa shape index (κ3) is 2.77. The molecule has 3 N–H and O–H groups in total. The molecule has 6 heteroatoms. The number of hydrogen-bond acceptors (Lipinski definition) is 5. The number of rotatable bonds is 3. The molecule has 0 amide bonds. The number of anilines is 1. The molecular weight excluding hydrogens is 328 g/mol. The second-order valence-electron chi connectivity index (χ2n) is 5.50. The molecule has 0 saturated carbocycles. The van der Waals surface area contributed by atoms with Crippen molar-refractivity contribution in [2.24, 2.45) is 0 Å². The fourth-order valence-electron chi connectivity index (χ4n) is 2.86. The lowest BCUT2D eigenvalue weighted by atomic mass is 9.93. The smallest absolute Gasteiger partial charge is 0.268 e. The molecule has 0 aliphatic carbocycles. The van der Waals surface area contributed by atoms with Crippen molar-refractivity contribution in [1.82, 2.24) is 4.98 Å². The minimum atomic E-state index is -0.623. The fourth-order valence-corrected chi connectivity index (χ4v) is 2.86. The van der Waals surface area contributed by atoms with E-state index in [0.29, 0.717) is 11.3 Å². The number of para-hydroxylation sites is 1. The molecule has 1 aromatic heterocycles. The lowest BCUT2D eigenvalue weighted by Crippen LogP contribution is -2.16. The van der Waals surface area contributed by atoms with E-state index in [9.17, 15) is 15.3 Å². The molecule has 1 heterocycles. The summed E-state index contributed by atoms with van der Waals surface area (Å²) in [5.41, 5.74) is 7.54. The molecule has 0 unspecified atom stereocenters. The van der Waals surface area contributed by atoms with Gasteiger partial charge >= 0.3 is 0 Å². The van der Waals surface area contributed by atoms with E-state index in [1.807, 2.05) is 42.5 Å². The van der Waals surface area contributed by atoms with Gasteiger partial charge in [0.2, 0.25) is 0 Å². The van der Waals surface area contributed by atoms with E-state index >= 15 is 0 Å². The monoisotopic (exact) mass is 342 g/mol. The third-order valence-electron chi connectivity index (χ3n) is 4.04. The third-order valence-corrected chi connectivity index (χ3v) is 4.04. The predicted octanol–water partition coefficient (Wildman–Crippen LogP) is 3.04. The van der Waals surface area contributed by atoms with Crippen LogP contribution in [0, 0.1) is 22.7 Å². The number of aromatic nitrogens is 1. The van der Waals surface area contributed by atoms with Gasteiger partial charge in [-0.3, -0.25) is 4.79 Å². The fraction of sp³-hybridized carbons (Fsp3) is 0.0500. The number of aromatic amines is 1. The Hall–Kier alpha value is -4.03. The number of nitrogen functional groups attached to an aromatic ring is 1. The van der Waals surface area contributed by atoms with Crippen LogP contribution < -0.4 is 16.0 Å². The van der Waals surface area contributed by atoms with Crippen molar-refractivity contribution in [3.63, 3.8) is 0 Å². The Bertz CT molecular complexity index is 1130. The number of nitrogens with zero attached hydrogens (tertiary/aromatic N) is 2. The summed E-state index contributed by atoms with van der Waals surface area (Å²) in [6.45, 7) is 0. The molecule has 3 rings (SSSR count). The second-order valence-corrected chi connectivity index (χ2v) is 5.50. The van der Waals surface area contributed by atoms with Crippen LogP contribution in [0.1, 0.15) is 11.1 Å². The van der Waals surface area contributed by atoms with E-state index < -0.39 is 5.56 Å². The number of pyridine rings is 1. The van der Waals surface area contributed by atoms with Crippen molar-refractivity contribution in [3.8, 4) is 40.1 Å². The Morgan fingerprint density at radius 2 is 1.69 bits per heavy atom. The van der Waals surface area contributed by atoms with Gasteiger partial charge in [-0.15, -0.1) is 0 Å². The SMILES string of the molecule is COc1ccccc1-c1cccc(-c2c(C#N)c(N)[nH]c(=O)c2C#N)c1. The lowest BCUT2D eigenvalue weighted by molar-refractivity contribution is 0.416. The van der Waals surface area contributed by atoms with Gasteiger partial charge in [0, 0.05) is 11.1 Å². The van der Waals surface area contributed by atoms with Gasteiger partial charge in [-0.05, 0) is 23.3 Å². The average molecular weight is 342 g/mol. The van der Waals surface area contributed by atoms with Crippen molar-refractivity contribution in [1.29, 1.82) is 10.5 Å². The van der Waals surface area contributed by atoms with Crippen LogP contribution >= 0.6 is 0 Å². The van der Waals surface area contributed by atoms with Gasteiger partial charge in [0.05, 0.1) is 7.11 Å². The molecule has 0 bridgehead atoms. The number of ether oxygens (including phenoxy) is 1. The lowest BCUT2D eigenvalue weighted by Gasteiger charge is -2.12. The molecule has 0 spiro atoms. The summed E-state index contributed by atoms with van der Waals surface area (Å²) in [4.78, 5) is 14.4. The van der Waals surface area contributed by atoms with Crippen molar-refractivity contribution < 1.29 is 4.74 Å². The zero-order chi connectivity index (χ0) is 18.7. The zero-order valence-corrected chi connectivity index (χ0v) is 13.9. The summed E-state index contributed by atoms with van der Waals surface area (Å²) < 4.78 is 5.39. The van der Waals surface area contributed by atoms with Crippen LogP contribution in [0.2, 0.25) is 0 Å². The molecule has 0 radical (unpaired) electrons. The Morgan fingerprint density at radius 3 is 2.38 bits per heavy atom. The predicted molar refractivity (Wildman–Crippen MR) is 98.3 cm³/mol. The summed E-state index contributed by atoms with van der Waals surface area (Å²) in [6.07, 6.45) is 0. The highest BCUT2D eigenvalue weighted by molar-refractivity contribution is 5.83. The molecule has 2 aromatic carbocycles. The summed E-state index contributed by atoms with van der Waals surface area (Å²) >= 11 is 0. The molecule has 0 fully saturated rings. The number of nitrogens with one attached hydrogen (secondary N) is 1. The van der Waals surface area contributed by atoms with Crippen LogP contribution in [0.5, 0.6) is 5.75 Å². The molecule has 6 nitrogen and oxygen atoms in total. The maximum Gasteiger partial charge on any atom is 0.268 e. The van der Waals surface area contributed by atoms with Crippen molar-refractivity contribution >= 4 is 5.82 Å². The van der Waals surface area contributed by atoms with E-state index in [4.69, 9.17) is 10.5 Å². The minimum absolute atomic E-state index is 0.0609. The van der Waals surface area contributed by atoms with Crippen LogP contribution in [0.3, 0.4) is 0 Å². The van der Waals surface area contributed by atoms with Gasteiger partial charge in [-0.1, -0.05) is 36.4 Å². The molecule has 126 valence electrons. The highest BCUT2D eigenvalue weighted by Crippen LogP contribution is 2.34. The number of benzene rings is 2. The first kappa shape index (κ1) is 16.8. The average Bonchev–Trinajstić information content (AvgIpc) is 2.67. The van der Waals surface area contributed by atoms with Crippen LogP contribution in [-0.4, -0.2) is 12.1 Å². The maximum atomic E-state index is 12.1. The van der Waals surface area contributed by atoms with Crippen molar-refractivity contribution in [2.45, 2.75) is 0 Å². The highest BCUT2D eigenvalue weighted by atomic mass is 16.5. The standard InChI is InChI=1S/C20H14N4O2/c1-26-17-8-3-2-7-14(17)12-5-4-6-13(9-12)18-15(10-21)19(23)24-20(25)16(18)11-22/h2-9H,1H3,(H3,23,24,25). The summed E-state index contributed by atoms with van der Waals surface area (Å²) in [6, 6.07) is 18.5. The van der Waals surface area contributed by atoms with Gasteiger partial charge in [-0.25, -0.2) is 0 Å². The maximum absolute atomic E-state index is 12.1. The Morgan fingerprint density at radius 1 is 1.00 bits per heavy atom. The zero-order valence-electron chi connectivity index (χ0n) is 13.9. The largest absolute Gasteiger partial charge is 0.496 e. The van der Waals surface area contributed by atoms with E-state index in [1.165, 1.54) is 0 Å². The number of nitriles is 2. The first-order valence-corrected chi connectivity index (χ1v) is 7.70. The van der Waals surface area contributed by atoms with E-state index in [0.717, 1.165) is 11.1 Å². The topological polar surface area (TPSA) is 116 Å². The van der Waals surface area contributed by atoms with Crippen molar-refractivity contribution in [2.75, 3.05) is 12.8 Å². The van der Waals surface area contributed by atoms with E-state index in [2.05, 4.69) is 4.98 Å². The van der Waals surface area contributed by atoms with Gasteiger partial charge in [0.25, 0.3) is 5.56 Å². The van der Waals surface area contributed by atoms with Crippen LogP contribution in [0.25, 0.3) is 22.3 Å². The van der Waals surface area contributed by atoms with Gasteiger partial charge in [0.15, 0.2) is 0 Å². The normalized spacial score (nSPS) is 9.96. The van der Waals surface area contributed by atoms with E-state index in [-0.39, 0.29) is 22.5 Å². The van der Waals surface area contributed by atoms with Gasteiger partial charge in [-0.2, -0.15) is 10.5 Å². The molecule has 3 aromatic rings. The molecule has 0 saturated heterocycles. The molecule has 26 heavy (non-hydrogen) atoms. The quantitative estimate of drug-likeness (QED) is 0.759. The number of H-pyrrole nitrogens is 1. The van der Waals surface area contributed by atoms with Crippen LogP contribution in [0.4, 0.5) is 5.82 Å². The summed E-state index contributed by atoms with van der Waals surface area (Å²) in [5.74, 6) is 0.630. The second kappa shape index (κ2) is 6.84. The van der Waals surface area contributed by atoms with Crippen LogP contribution in [-0.2, 0) is 0 Å². The number of hydrogen-bond donors (Lipinski definition) is 2. The summed E-state index contributed by atoms with van der Waals surface area (Å²) in [5, 5.41) is 18.9. The Kier molecular flexibility index (Phi) is 4.42. The first-order chi connectivity index (χ1) is 12.6. The molecular formula is C20H14N4O2. The number of methoxy groups -OCH3 is 1. The van der Waals surface area contributed by atoms with Crippen LogP contribution in [0.15, 0.2) is 53.3 Å². The van der Waals surface area contributed by atoms with Gasteiger partial charge < -0.3 is 15.5 Å². The van der Waals surface area contributed by atoms with E-state index in [1.54, 1.807) is 25.3 Å². The van der Waals surface area contributed by atoms with Crippen molar-refractivity contribution in [3.05, 3.63) is 70.0 Å². The Labute approximate surface area is 149 Å². The minimum Gasteiger partial charge on any atom is -0.496 e. The summed E-state index contributed by atoms with van der Waals surface area (Å²) in [7, 11) is 1.59. The molecule has 0 aliphatic heterocycles.